The van der Waals surface area contributed by atoms with Crippen LogP contribution in [0.3, 0.4) is 0 Å². The molecule has 0 aliphatic rings. The van der Waals surface area contributed by atoms with Crippen LogP contribution < -0.4 is 0 Å². The fourth-order valence-corrected chi connectivity index (χ4v) is 2.53. The summed E-state index contributed by atoms with van der Waals surface area (Å²) in [6.07, 6.45) is 3.15. The molecule has 108 valence electrons. The van der Waals surface area contributed by atoms with Gasteiger partial charge in [-0.3, -0.25) is 4.98 Å². The van der Waals surface area contributed by atoms with E-state index in [0.717, 1.165) is 22.3 Å². The monoisotopic (exact) mass is 284 g/mol. The van der Waals surface area contributed by atoms with Gasteiger partial charge in [-0.2, -0.15) is 0 Å². The van der Waals surface area contributed by atoms with Gasteiger partial charge in [0.1, 0.15) is 11.6 Å². The minimum absolute atomic E-state index is 0.125. The molecular formula is C17H17FN2O. The van der Waals surface area contributed by atoms with Crippen molar-refractivity contribution in [2.45, 2.75) is 26.2 Å². The predicted octanol–water partition coefficient (Wildman–Crippen LogP) is 4.17. The first kappa shape index (κ1) is 13.6. The third kappa shape index (κ3) is 2.27. The molecular weight excluding hydrogens is 267 g/mol. The third-order valence-electron chi connectivity index (χ3n) is 3.56. The molecule has 0 amide bonds. The maximum atomic E-state index is 13.2. The Bertz CT molecular complexity index is 798. The lowest BCUT2D eigenvalue weighted by atomic mass is 9.92. The van der Waals surface area contributed by atoms with Gasteiger partial charge in [-0.15, -0.1) is 0 Å². The number of aromatic hydroxyl groups is 1. The fourth-order valence-electron chi connectivity index (χ4n) is 2.53. The summed E-state index contributed by atoms with van der Waals surface area (Å²) in [7, 11) is 0. The Kier molecular flexibility index (Phi) is 2.97. The summed E-state index contributed by atoms with van der Waals surface area (Å²) in [5.41, 5.74) is 2.57. The van der Waals surface area contributed by atoms with Crippen molar-refractivity contribution in [3.8, 4) is 11.4 Å². The van der Waals surface area contributed by atoms with Crippen molar-refractivity contribution in [1.82, 2.24) is 9.55 Å². The van der Waals surface area contributed by atoms with Gasteiger partial charge in [-0.1, -0.05) is 20.8 Å². The Morgan fingerprint density at radius 2 is 1.76 bits per heavy atom. The molecule has 0 saturated carbocycles. The normalized spacial score (nSPS) is 12.0. The van der Waals surface area contributed by atoms with Gasteiger partial charge in [-0.25, -0.2) is 4.39 Å². The molecule has 2 heterocycles. The van der Waals surface area contributed by atoms with E-state index in [1.54, 1.807) is 18.3 Å². The first-order chi connectivity index (χ1) is 9.88. The van der Waals surface area contributed by atoms with Crippen molar-refractivity contribution >= 4 is 10.9 Å². The molecule has 1 N–H and O–H groups in total. The molecule has 1 aromatic carbocycles. The summed E-state index contributed by atoms with van der Waals surface area (Å²) >= 11 is 0. The van der Waals surface area contributed by atoms with Crippen molar-refractivity contribution in [3.05, 3.63) is 54.2 Å². The van der Waals surface area contributed by atoms with E-state index in [1.807, 2.05) is 10.6 Å². The van der Waals surface area contributed by atoms with Crippen molar-refractivity contribution < 1.29 is 9.50 Å². The molecule has 21 heavy (non-hydrogen) atoms. The van der Waals surface area contributed by atoms with E-state index in [4.69, 9.17) is 0 Å². The van der Waals surface area contributed by atoms with Crippen LogP contribution >= 0.6 is 0 Å². The van der Waals surface area contributed by atoms with Gasteiger partial charge < -0.3 is 9.67 Å². The number of pyridine rings is 1. The quantitative estimate of drug-likeness (QED) is 0.728. The molecule has 3 nitrogen and oxygen atoms in total. The van der Waals surface area contributed by atoms with Crippen LogP contribution in [0.4, 0.5) is 4.39 Å². The fraction of sp³-hybridized carbons (Fsp3) is 0.235. The van der Waals surface area contributed by atoms with Gasteiger partial charge in [0.25, 0.3) is 0 Å². The Balaban J connectivity index is 2.38. The number of hydrogen-bond acceptors (Lipinski definition) is 2. The minimum atomic E-state index is -0.270. The second-order valence-electron chi connectivity index (χ2n) is 6.18. The summed E-state index contributed by atoms with van der Waals surface area (Å²) in [5.74, 6) is -0.118. The highest BCUT2D eigenvalue weighted by atomic mass is 19.1. The maximum Gasteiger partial charge on any atom is 0.143 e. The second kappa shape index (κ2) is 4.58. The average molecular weight is 284 g/mol. The molecule has 4 heteroatoms. The van der Waals surface area contributed by atoms with Gasteiger partial charge in [0.2, 0.25) is 0 Å². The summed E-state index contributed by atoms with van der Waals surface area (Å²) in [5, 5.41) is 10.8. The van der Waals surface area contributed by atoms with Gasteiger partial charge in [0.15, 0.2) is 0 Å². The van der Waals surface area contributed by atoms with E-state index >= 15 is 0 Å². The van der Waals surface area contributed by atoms with Crippen molar-refractivity contribution in [2.24, 2.45) is 0 Å². The van der Waals surface area contributed by atoms with E-state index in [9.17, 15) is 9.50 Å². The van der Waals surface area contributed by atoms with Gasteiger partial charge in [0.05, 0.1) is 17.9 Å². The van der Waals surface area contributed by atoms with Crippen molar-refractivity contribution in [1.29, 1.82) is 0 Å². The lowest BCUT2D eigenvalue weighted by Crippen LogP contribution is -2.16. The lowest BCUT2D eigenvalue weighted by Gasteiger charge is -2.22. The molecule has 0 saturated heterocycles. The van der Waals surface area contributed by atoms with Crippen LogP contribution in [0.25, 0.3) is 16.6 Å². The molecule has 0 aliphatic carbocycles. The Morgan fingerprint density at radius 3 is 2.38 bits per heavy atom. The Hall–Kier alpha value is -2.36. The number of rotatable bonds is 1. The van der Waals surface area contributed by atoms with Gasteiger partial charge in [0, 0.05) is 22.2 Å². The zero-order valence-corrected chi connectivity index (χ0v) is 12.3. The van der Waals surface area contributed by atoms with Crippen LogP contribution in [0.1, 0.15) is 26.5 Å². The number of aromatic nitrogens is 2. The maximum absolute atomic E-state index is 13.2. The van der Waals surface area contributed by atoms with E-state index in [-0.39, 0.29) is 17.0 Å². The number of fused-ring (bicyclic) bond motifs is 1. The topological polar surface area (TPSA) is 38.1 Å². The molecule has 0 unspecified atom stereocenters. The first-order valence-corrected chi connectivity index (χ1v) is 6.83. The van der Waals surface area contributed by atoms with Crippen LogP contribution in [0.2, 0.25) is 0 Å². The molecule has 0 bridgehead atoms. The van der Waals surface area contributed by atoms with E-state index in [0.29, 0.717) is 0 Å². The molecule has 3 aromatic rings. The van der Waals surface area contributed by atoms with E-state index in [1.165, 1.54) is 18.3 Å². The minimum Gasteiger partial charge on any atom is -0.506 e. The Morgan fingerprint density at radius 1 is 1.10 bits per heavy atom. The molecule has 0 fully saturated rings. The number of hydrogen-bond donors (Lipinski definition) is 1. The van der Waals surface area contributed by atoms with Crippen LogP contribution in [0, 0.1) is 5.82 Å². The molecule has 2 aromatic heterocycles. The van der Waals surface area contributed by atoms with E-state index in [2.05, 4.69) is 25.8 Å². The molecule has 0 spiro atoms. The van der Waals surface area contributed by atoms with Crippen LogP contribution in [-0.2, 0) is 5.41 Å². The molecule has 0 radical (unpaired) electrons. The highest BCUT2D eigenvalue weighted by Crippen LogP contribution is 2.35. The van der Waals surface area contributed by atoms with Crippen molar-refractivity contribution in [2.75, 3.05) is 0 Å². The summed E-state index contributed by atoms with van der Waals surface area (Å²) < 4.78 is 15.2. The molecule has 3 rings (SSSR count). The molecule has 0 aliphatic heterocycles. The van der Waals surface area contributed by atoms with Crippen molar-refractivity contribution in [3.63, 3.8) is 0 Å². The van der Waals surface area contributed by atoms with Gasteiger partial charge >= 0.3 is 0 Å². The SMILES string of the molecule is CC(C)(C)c1cc2c(O)cncc2n1-c1ccc(F)cc1. The average Bonchev–Trinajstić information content (AvgIpc) is 2.81. The highest BCUT2D eigenvalue weighted by Gasteiger charge is 2.23. The van der Waals surface area contributed by atoms with Gasteiger partial charge in [-0.05, 0) is 30.3 Å². The van der Waals surface area contributed by atoms with Crippen LogP contribution in [-0.4, -0.2) is 14.7 Å². The van der Waals surface area contributed by atoms with E-state index < -0.39 is 0 Å². The summed E-state index contributed by atoms with van der Waals surface area (Å²) in [6, 6.07) is 8.30. The molecule has 0 atom stereocenters. The zero-order valence-electron chi connectivity index (χ0n) is 12.3. The predicted molar refractivity (Wildman–Crippen MR) is 81.4 cm³/mol. The largest absolute Gasteiger partial charge is 0.506 e. The second-order valence-corrected chi connectivity index (χ2v) is 6.18. The number of benzene rings is 1. The highest BCUT2D eigenvalue weighted by molar-refractivity contribution is 5.88. The smallest absolute Gasteiger partial charge is 0.143 e. The first-order valence-electron chi connectivity index (χ1n) is 6.83. The summed E-state index contributed by atoms with van der Waals surface area (Å²) in [4.78, 5) is 4.07. The summed E-state index contributed by atoms with van der Waals surface area (Å²) in [6.45, 7) is 6.31. The number of halogens is 1. The standard InChI is InChI=1S/C17H17FN2O/c1-17(2,3)16-8-13-14(9-19-10-15(13)21)20(16)12-6-4-11(18)5-7-12/h4-10,21H,1-3H3. The number of nitrogens with zero attached hydrogens (tertiary/aromatic N) is 2. The zero-order chi connectivity index (χ0) is 15.2. The van der Waals surface area contributed by atoms with Crippen LogP contribution in [0.5, 0.6) is 5.75 Å². The van der Waals surface area contributed by atoms with Crippen LogP contribution in [0.15, 0.2) is 42.7 Å². The third-order valence-corrected chi connectivity index (χ3v) is 3.56. The lowest BCUT2D eigenvalue weighted by molar-refractivity contribution is 0.479. The Labute approximate surface area is 122 Å².